The zero-order chi connectivity index (χ0) is 14.2. The fourth-order valence-corrected chi connectivity index (χ4v) is 2.80. The maximum atomic E-state index is 12.3. The molecule has 2 nitrogen and oxygen atoms in total. The number of benzene rings is 3. The van der Waals surface area contributed by atoms with Crippen LogP contribution in [0.25, 0.3) is 10.8 Å². The molecule has 0 unspecified atom stereocenters. The lowest BCUT2D eigenvalue weighted by atomic mass is 9.98. The van der Waals surface area contributed by atoms with Crippen molar-refractivity contribution < 1.29 is 9.53 Å². The summed E-state index contributed by atoms with van der Waals surface area (Å²) in [7, 11) is 0. The van der Waals surface area contributed by atoms with Gasteiger partial charge in [-0.2, -0.15) is 0 Å². The molecule has 1 aliphatic heterocycles. The lowest BCUT2D eigenvalue weighted by molar-refractivity contribution is 0.0982. The lowest BCUT2D eigenvalue weighted by Crippen LogP contribution is -2.00. The van der Waals surface area contributed by atoms with Gasteiger partial charge in [0.05, 0.1) is 5.56 Å². The summed E-state index contributed by atoms with van der Waals surface area (Å²) in [6.45, 7) is 0. The molecule has 21 heavy (non-hydrogen) atoms. The van der Waals surface area contributed by atoms with Gasteiger partial charge in [0, 0.05) is 6.42 Å². The van der Waals surface area contributed by atoms with Crippen LogP contribution in [0.2, 0.25) is 0 Å². The van der Waals surface area contributed by atoms with Crippen molar-refractivity contribution in [2.24, 2.45) is 0 Å². The second-order valence-corrected chi connectivity index (χ2v) is 5.30. The van der Waals surface area contributed by atoms with Crippen LogP contribution in [-0.2, 0) is 6.42 Å². The average molecular weight is 274 g/mol. The Hall–Kier alpha value is -2.61. The van der Waals surface area contributed by atoms with Crippen LogP contribution in [0.1, 0.15) is 22.3 Å². The van der Waals surface area contributed by atoms with E-state index in [1.54, 1.807) is 0 Å². The van der Waals surface area contributed by atoms with Crippen molar-refractivity contribution in [3.05, 3.63) is 71.8 Å². The predicted octanol–water partition coefficient (Wildman–Crippen LogP) is 4.76. The highest BCUT2D eigenvalue weighted by molar-refractivity contribution is 6.01. The normalized spacial score (nSPS) is 11.8. The molecule has 0 saturated carbocycles. The van der Waals surface area contributed by atoms with Crippen molar-refractivity contribution in [1.82, 2.24) is 0 Å². The number of fused-ring (bicyclic) bond motifs is 2. The summed E-state index contributed by atoms with van der Waals surface area (Å²) in [5.74, 6) is 1.75. The van der Waals surface area contributed by atoms with Crippen molar-refractivity contribution in [2.45, 2.75) is 12.8 Å². The molecule has 4 rings (SSSR count). The maximum Gasteiger partial charge on any atom is 0.180 e. The first-order valence-corrected chi connectivity index (χ1v) is 7.13. The van der Waals surface area contributed by atoms with Crippen LogP contribution >= 0.6 is 0 Å². The smallest absolute Gasteiger partial charge is 0.180 e. The van der Waals surface area contributed by atoms with Gasteiger partial charge in [0.15, 0.2) is 17.3 Å². The monoisotopic (exact) mass is 274 g/mol. The molecule has 1 aliphatic rings. The molecule has 2 heteroatoms. The average Bonchev–Trinajstić information content (AvgIpc) is 3.32. The van der Waals surface area contributed by atoms with Gasteiger partial charge in [0.25, 0.3) is 0 Å². The summed E-state index contributed by atoms with van der Waals surface area (Å²) in [5.41, 5.74) is 1.94. The number of hydrogen-bond donors (Lipinski definition) is 0. The molecule has 0 amide bonds. The number of rotatable bonds is 4. The van der Waals surface area contributed by atoms with Crippen LogP contribution in [0.5, 0.6) is 11.5 Å². The maximum absolute atomic E-state index is 12.3. The van der Waals surface area contributed by atoms with Gasteiger partial charge in [-0.05, 0) is 34.9 Å². The molecule has 0 aliphatic carbocycles. The number of carbonyl (C=O) groups excluding carboxylic acids is 1. The first-order valence-electron chi connectivity index (χ1n) is 7.13. The third-order valence-electron chi connectivity index (χ3n) is 3.95. The summed E-state index contributed by atoms with van der Waals surface area (Å²) in [4.78, 5) is 12.3. The molecule has 3 aromatic rings. The number of aryl methyl sites for hydroxylation is 1. The van der Waals surface area contributed by atoms with Gasteiger partial charge >= 0.3 is 0 Å². The second kappa shape index (κ2) is 4.74. The fourth-order valence-electron chi connectivity index (χ4n) is 2.80. The number of para-hydroxylation sites is 1. The van der Waals surface area contributed by atoms with Crippen LogP contribution in [0.3, 0.4) is 0 Å². The van der Waals surface area contributed by atoms with Crippen molar-refractivity contribution >= 4 is 16.6 Å². The Morgan fingerprint density at radius 2 is 1.71 bits per heavy atom. The highest BCUT2D eigenvalue weighted by Crippen LogP contribution is 2.48. The van der Waals surface area contributed by atoms with Gasteiger partial charge in [-0.15, -0.1) is 0 Å². The zero-order valence-electron chi connectivity index (χ0n) is 11.5. The minimum Gasteiger partial charge on any atom is -0.449 e. The second-order valence-electron chi connectivity index (χ2n) is 5.30. The number of hydrogen-bond acceptors (Lipinski definition) is 2. The van der Waals surface area contributed by atoms with Crippen molar-refractivity contribution in [3.8, 4) is 11.5 Å². The fraction of sp³-hybridized carbons (Fsp3) is 0.105. The van der Waals surface area contributed by atoms with Gasteiger partial charge in [0.2, 0.25) is 0 Å². The Morgan fingerprint density at radius 1 is 0.905 bits per heavy atom. The van der Waals surface area contributed by atoms with E-state index in [0.29, 0.717) is 12.0 Å². The molecule has 0 radical (unpaired) electrons. The van der Waals surface area contributed by atoms with Crippen molar-refractivity contribution in [1.29, 1.82) is 0 Å². The van der Waals surface area contributed by atoms with E-state index in [2.05, 4.69) is 30.3 Å². The molecular weight excluding hydrogens is 260 g/mol. The van der Waals surface area contributed by atoms with Gasteiger partial charge in [-0.3, -0.25) is 4.79 Å². The quantitative estimate of drug-likeness (QED) is 0.396. The number of carbonyl (C=O) groups is 1. The van der Waals surface area contributed by atoms with E-state index in [1.165, 1.54) is 16.3 Å². The minimum absolute atomic E-state index is 0.150. The molecule has 102 valence electrons. The standard InChI is InChI=1S/C19H14O2/c20-17(16-9-4-10-18-19(16)21-18)12-11-14-7-3-6-13-5-1-2-8-15(13)14/h1-10H,11-12H2. The lowest BCUT2D eigenvalue weighted by Gasteiger charge is -2.06. The molecule has 0 bridgehead atoms. The highest BCUT2D eigenvalue weighted by atomic mass is 16.6. The topological polar surface area (TPSA) is 29.6 Å². The molecule has 0 fully saturated rings. The van der Waals surface area contributed by atoms with E-state index in [4.69, 9.17) is 4.74 Å². The summed E-state index contributed by atoms with van der Waals surface area (Å²) in [6, 6.07) is 20.1. The van der Waals surface area contributed by atoms with Crippen LogP contribution in [0.4, 0.5) is 0 Å². The third kappa shape index (κ3) is 2.19. The molecule has 3 aromatic carbocycles. The zero-order valence-corrected chi connectivity index (χ0v) is 11.5. The summed E-state index contributed by atoms with van der Waals surface area (Å²) in [6.07, 6.45) is 1.26. The first kappa shape index (κ1) is 12.2. The van der Waals surface area contributed by atoms with E-state index in [9.17, 15) is 4.79 Å². The largest absolute Gasteiger partial charge is 0.449 e. The van der Waals surface area contributed by atoms with Crippen LogP contribution < -0.4 is 4.74 Å². The third-order valence-corrected chi connectivity index (χ3v) is 3.95. The Morgan fingerprint density at radius 3 is 2.67 bits per heavy atom. The van der Waals surface area contributed by atoms with E-state index in [1.807, 2.05) is 30.3 Å². The first-order chi connectivity index (χ1) is 10.3. The van der Waals surface area contributed by atoms with Crippen LogP contribution in [0.15, 0.2) is 60.7 Å². The van der Waals surface area contributed by atoms with Gasteiger partial charge in [0.1, 0.15) is 0 Å². The van der Waals surface area contributed by atoms with E-state index < -0.39 is 0 Å². The summed E-state index contributed by atoms with van der Waals surface area (Å²) in [5, 5.41) is 2.45. The molecule has 1 heterocycles. The Labute approximate surface area is 123 Å². The van der Waals surface area contributed by atoms with Crippen LogP contribution in [0, 0.1) is 0 Å². The van der Waals surface area contributed by atoms with Crippen molar-refractivity contribution in [3.63, 3.8) is 0 Å². The van der Waals surface area contributed by atoms with Crippen molar-refractivity contribution in [2.75, 3.05) is 0 Å². The van der Waals surface area contributed by atoms with E-state index in [-0.39, 0.29) is 5.78 Å². The Balaban J connectivity index is 1.57. The summed E-state index contributed by atoms with van der Waals surface area (Å²) >= 11 is 0. The molecule has 0 spiro atoms. The number of Topliss-reactive ketones (excluding diaryl/α,β-unsaturated/α-hetero) is 1. The minimum atomic E-state index is 0.150. The highest BCUT2D eigenvalue weighted by Gasteiger charge is 2.27. The predicted molar refractivity (Wildman–Crippen MR) is 83.1 cm³/mol. The van der Waals surface area contributed by atoms with Crippen LogP contribution in [-0.4, -0.2) is 5.78 Å². The van der Waals surface area contributed by atoms with Gasteiger partial charge in [-0.25, -0.2) is 0 Å². The molecular formula is C19H14O2. The summed E-state index contributed by atoms with van der Waals surface area (Å²) < 4.78 is 5.29. The molecule has 0 atom stereocenters. The van der Waals surface area contributed by atoms with E-state index in [0.717, 1.165) is 17.9 Å². The molecule has 0 aromatic heterocycles. The molecule has 0 saturated heterocycles. The van der Waals surface area contributed by atoms with Gasteiger partial charge in [-0.1, -0.05) is 48.5 Å². The van der Waals surface area contributed by atoms with E-state index >= 15 is 0 Å². The number of ketones is 1. The SMILES string of the molecule is O=C(CCc1cccc2ccccc12)c1cccc2c1O2. The number of ether oxygens (including phenoxy) is 1. The Kier molecular flexibility index (Phi) is 2.74. The Bertz CT molecular complexity index is 844. The molecule has 0 N–H and O–H groups in total. The van der Waals surface area contributed by atoms with Gasteiger partial charge < -0.3 is 4.74 Å².